The summed E-state index contributed by atoms with van der Waals surface area (Å²) in [6.45, 7) is 7.64. The molecule has 2 aromatic rings. The van der Waals surface area contributed by atoms with Crippen molar-refractivity contribution in [3.8, 4) is 0 Å². The molecule has 0 aliphatic carbocycles. The molecule has 3 heterocycles. The Hall–Kier alpha value is -2.30. The standard InChI is InChI=1S/C27H33F2N3O3S/c1-3-5-7-20(4-2)26-8-6-11-32(36(26)33)17-21-14-25(29)23(15-24(21)28)27(9-12-34-13-10-27)31-16-22-18-35-19-30-22/h3-5,7,14-15,18-19,26,31H,2,6,8-13,16-17H2,1H3/b5-3-,20-7+/t26-,36?/m1/s1. The Morgan fingerprint density at radius 3 is 2.83 bits per heavy atom. The molecule has 2 saturated heterocycles. The fourth-order valence-electron chi connectivity index (χ4n) is 4.88. The predicted molar refractivity (Wildman–Crippen MR) is 136 cm³/mol. The van der Waals surface area contributed by atoms with Gasteiger partial charge < -0.3 is 19.0 Å². The zero-order valence-electron chi connectivity index (χ0n) is 20.6. The third-order valence-electron chi connectivity index (χ3n) is 6.90. The van der Waals surface area contributed by atoms with Gasteiger partial charge in [0.1, 0.15) is 17.9 Å². The molecule has 2 aliphatic heterocycles. The number of benzene rings is 1. The summed E-state index contributed by atoms with van der Waals surface area (Å²) in [6, 6.07) is 2.54. The van der Waals surface area contributed by atoms with E-state index in [4.69, 9.17) is 9.15 Å². The number of hydrogen-bond donors (Lipinski definition) is 1. The Labute approximate surface area is 214 Å². The highest BCUT2D eigenvalue weighted by atomic mass is 32.2. The second kappa shape index (κ2) is 12.3. The minimum absolute atomic E-state index is 0.0721. The molecule has 2 atom stereocenters. The summed E-state index contributed by atoms with van der Waals surface area (Å²) in [5.74, 6) is -0.993. The van der Waals surface area contributed by atoms with Crippen LogP contribution in [0.25, 0.3) is 0 Å². The van der Waals surface area contributed by atoms with E-state index >= 15 is 8.78 Å². The van der Waals surface area contributed by atoms with Crippen LogP contribution in [0.15, 0.2) is 65.7 Å². The Morgan fingerprint density at radius 2 is 2.14 bits per heavy atom. The number of ether oxygens (including phenoxy) is 1. The maximum atomic E-state index is 15.6. The highest BCUT2D eigenvalue weighted by Gasteiger charge is 2.39. The quantitative estimate of drug-likeness (QED) is 0.370. The monoisotopic (exact) mass is 517 g/mol. The summed E-state index contributed by atoms with van der Waals surface area (Å²) < 4.78 is 56.6. The van der Waals surface area contributed by atoms with Crippen LogP contribution in [0.1, 0.15) is 49.4 Å². The molecule has 6 nitrogen and oxygen atoms in total. The minimum Gasteiger partial charge on any atom is -0.597 e. The molecule has 9 heteroatoms. The van der Waals surface area contributed by atoms with Gasteiger partial charge in [0.25, 0.3) is 0 Å². The topological polar surface area (TPSA) is 73.6 Å². The number of nitrogens with zero attached hydrogens (tertiary/aromatic N) is 2. The van der Waals surface area contributed by atoms with Gasteiger partial charge in [-0.2, -0.15) is 0 Å². The van der Waals surface area contributed by atoms with Crippen molar-refractivity contribution < 1.29 is 22.5 Å². The maximum absolute atomic E-state index is 15.6. The number of halogens is 2. The lowest BCUT2D eigenvalue weighted by Gasteiger charge is -2.39. The average Bonchev–Trinajstić information content (AvgIpc) is 3.41. The first-order valence-electron chi connectivity index (χ1n) is 12.3. The van der Waals surface area contributed by atoms with Crippen LogP contribution in [0.2, 0.25) is 0 Å². The summed E-state index contributed by atoms with van der Waals surface area (Å²) in [4.78, 5) is 4.12. The van der Waals surface area contributed by atoms with Gasteiger partial charge in [-0.3, -0.25) is 0 Å². The van der Waals surface area contributed by atoms with E-state index in [1.54, 1.807) is 10.4 Å². The number of nitrogens with one attached hydrogen (secondary N) is 1. The molecule has 194 valence electrons. The first kappa shape index (κ1) is 26.8. The number of allylic oxidation sites excluding steroid dienone is 4. The highest BCUT2D eigenvalue weighted by Crippen LogP contribution is 2.36. The van der Waals surface area contributed by atoms with Gasteiger partial charge in [0.15, 0.2) is 11.6 Å². The lowest BCUT2D eigenvalue weighted by molar-refractivity contribution is 0.0341. The summed E-state index contributed by atoms with van der Waals surface area (Å²) >= 11 is -1.38. The van der Waals surface area contributed by atoms with E-state index in [-0.39, 0.29) is 22.9 Å². The van der Waals surface area contributed by atoms with Gasteiger partial charge in [0, 0.05) is 60.8 Å². The van der Waals surface area contributed by atoms with Gasteiger partial charge in [-0.15, -0.1) is 4.31 Å². The number of rotatable bonds is 9. The van der Waals surface area contributed by atoms with Crippen LogP contribution in [0.4, 0.5) is 8.78 Å². The van der Waals surface area contributed by atoms with Crippen molar-refractivity contribution in [3.05, 3.63) is 89.7 Å². The maximum Gasteiger partial charge on any atom is 0.180 e. The molecular formula is C27H33F2N3O3S. The van der Waals surface area contributed by atoms with E-state index in [0.29, 0.717) is 44.8 Å². The lowest BCUT2D eigenvalue weighted by atomic mass is 9.81. The zero-order chi connectivity index (χ0) is 25.5. The van der Waals surface area contributed by atoms with Gasteiger partial charge in [-0.05, 0) is 38.3 Å². The van der Waals surface area contributed by atoms with Crippen molar-refractivity contribution >= 4 is 11.4 Å². The van der Waals surface area contributed by atoms with E-state index in [0.717, 1.165) is 18.4 Å². The first-order chi connectivity index (χ1) is 17.5. The van der Waals surface area contributed by atoms with Crippen LogP contribution >= 0.6 is 0 Å². The molecule has 0 radical (unpaired) electrons. The highest BCUT2D eigenvalue weighted by molar-refractivity contribution is 7.90. The fourth-order valence-corrected chi connectivity index (χ4v) is 6.59. The Balaban J connectivity index is 1.55. The van der Waals surface area contributed by atoms with Crippen LogP contribution in [0.5, 0.6) is 0 Å². The van der Waals surface area contributed by atoms with E-state index in [1.165, 1.54) is 24.8 Å². The molecule has 4 rings (SSSR count). The molecule has 0 saturated carbocycles. The first-order valence-corrected chi connectivity index (χ1v) is 13.4. The van der Waals surface area contributed by atoms with Crippen LogP contribution in [0.3, 0.4) is 0 Å². The molecule has 1 aromatic heterocycles. The van der Waals surface area contributed by atoms with Gasteiger partial charge in [0.2, 0.25) is 0 Å². The van der Waals surface area contributed by atoms with E-state index in [1.807, 2.05) is 25.2 Å². The molecule has 2 fully saturated rings. The van der Waals surface area contributed by atoms with Crippen LogP contribution in [-0.4, -0.2) is 38.9 Å². The largest absolute Gasteiger partial charge is 0.597 e. The van der Waals surface area contributed by atoms with Gasteiger partial charge in [0.05, 0.1) is 17.8 Å². The molecule has 1 N–H and O–H groups in total. The van der Waals surface area contributed by atoms with Crippen LogP contribution < -0.4 is 5.32 Å². The molecular weight excluding hydrogens is 484 g/mol. The Kier molecular flexibility index (Phi) is 9.14. The van der Waals surface area contributed by atoms with Crippen LogP contribution in [-0.2, 0) is 34.7 Å². The lowest BCUT2D eigenvalue weighted by Crippen LogP contribution is -2.47. The molecule has 2 aliphatic rings. The molecule has 1 unspecified atom stereocenters. The van der Waals surface area contributed by atoms with Crippen LogP contribution in [0, 0.1) is 11.6 Å². The average molecular weight is 518 g/mol. The fraction of sp³-hybridized carbons (Fsp3) is 0.444. The summed E-state index contributed by atoms with van der Waals surface area (Å²) in [7, 11) is 0. The summed E-state index contributed by atoms with van der Waals surface area (Å²) in [5, 5.41) is 3.17. The Morgan fingerprint density at radius 1 is 1.33 bits per heavy atom. The summed E-state index contributed by atoms with van der Waals surface area (Å²) in [6.07, 6.45) is 12.9. The zero-order valence-corrected chi connectivity index (χ0v) is 21.4. The van der Waals surface area contributed by atoms with Crippen molar-refractivity contribution in [2.75, 3.05) is 19.8 Å². The second-order valence-electron chi connectivity index (χ2n) is 9.12. The van der Waals surface area contributed by atoms with Crippen molar-refractivity contribution in [2.45, 2.75) is 56.5 Å². The third kappa shape index (κ3) is 5.98. The molecule has 1 aromatic carbocycles. The van der Waals surface area contributed by atoms with Gasteiger partial charge in [-0.1, -0.05) is 30.9 Å². The van der Waals surface area contributed by atoms with E-state index in [9.17, 15) is 4.55 Å². The number of oxazole rings is 1. The number of hydrogen-bond acceptors (Lipinski definition) is 6. The Bertz CT molecular complexity index is 1080. The third-order valence-corrected chi connectivity index (χ3v) is 8.71. The second-order valence-corrected chi connectivity index (χ2v) is 10.8. The van der Waals surface area contributed by atoms with E-state index in [2.05, 4.69) is 16.9 Å². The van der Waals surface area contributed by atoms with Crippen molar-refractivity contribution in [3.63, 3.8) is 0 Å². The molecule has 0 bridgehead atoms. The van der Waals surface area contributed by atoms with Crippen molar-refractivity contribution in [1.82, 2.24) is 14.6 Å². The van der Waals surface area contributed by atoms with Crippen molar-refractivity contribution in [2.24, 2.45) is 0 Å². The molecule has 0 spiro atoms. The predicted octanol–water partition coefficient (Wildman–Crippen LogP) is 5.06. The normalized spacial score (nSPS) is 23.3. The number of aromatic nitrogens is 1. The summed E-state index contributed by atoms with van der Waals surface area (Å²) in [5.41, 5.74) is 1.26. The van der Waals surface area contributed by atoms with E-state index < -0.39 is 28.5 Å². The van der Waals surface area contributed by atoms with Crippen molar-refractivity contribution in [1.29, 1.82) is 0 Å². The van der Waals surface area contributed by atoms with Gasteiger partial charge in [-0.25, -0.2) is 13.8 Å². The molecule has 36 heavy (non-hydrogen) atoms. The SMILES string of the molecule is C=C/C(=C\C=C/C)[C@H]1CCCN(Cc2cc(F)c(C3(NCc4cocn4)CCOCC3)cc2F)[S+]1[O-]. The minimum atomic E-state index is -1.38. The smallest absolute Gasteiger partial charge is 0.180 e. The van der Waals surface area contributed by atoms with Gasteiger partial charge >= 0.3 is 0 Å². The molecule has 0 amide bonds.